The fourth-order valence-corrected chi connectivity index (χ4v) is 2.24. The van der Waals surface area contributed by atoms with Crippen LogP contribution >= 0.6 is 0 Å². The molecule has 2 atom stereocenters. The molecule has 0 aromatic carbocycles. The van der Waals surface area contributed by atoms with Crippen molar-refractivity contribution in [3.8, 4) is 0 Å². The quantitative estimate of drug-likeness (QED) is 0.830. The third-order valence-electron chi connectivity index (χ3n) is 3.30. The minimum atomic E-state index is -1.12. The van der Waals surface area contributed by atoms with Crippen LogP contribution in [0.4, 0.5) is 4.79 Å². The number of aliphatic carboxylic acids is 1. The van der Waals surface area contributed by atoms with Gasteiger partial charge in [-0.2, -0.15) is 0 Å². The van der Waals surface area contributed by atoms with Crippen molar-refractivity contribution in [2.24, 2.45) is 11.8 Å². The SMILES string of the molecule is CCOC(=O)[C@H]1CN(C(=O)OC(C)(C)C)C[C@@H]1C(=O)O.c1ccoc1. The summed E-state index contributed by atoms with van der Waals surface area (Å²) < 4.78 is 14.6. The van der Waals surface area contributed by atoms with Gasteiger partial charge in [0.1, 0.15) is 5.60 Å². The molecule has 2 rings (SSSR count). The van der Waals surface area contributed by atoms with Crippen molar-refractivity contribution in [1.82, 2.24) is 4.90 Å². The van der Waals surface area contributed by atoms with Gasteiger partial charge in [-0.15, -0.1) is 0 Å². The van der Waals surface area contributed by atoms with Gasteiger partial charge < -0.3 is 23.9 Å². The first-order valence-corrected chi connectivity index (χ1v) is 8.00. The van der Waals surface area contributed by atoms with Crippen LogP contribution in [-0.4, -0.2) is 53.3 Å². The van der Waals surface area contributed by atoms with Crippen LogP contribution in [0.1, 0.15) is 27.7 Å². The molecule has 0 radical (unpaired) electrons. The maximum atomic E-state index is 11.9. The normalized spacial score (nSPS) is 19.6. The summed E-state index contributed by atoms with van der Waals surface area (Å²) in [7, 11) is 0. The summed E-state index contributed by atoms with van der Waals surface area (Å²) in [6.07, 6.45) is 2.63. The number of likely N-dealkylation sites (tertiary alicyclic amines) is 1. The topological polar surface area (TPSA) is 106 Å². The number of furan rings is 1. The number of carbonyl (C=O) groups is 3. The predicted octanol–water partition coefficient (Wildman–Crippen LogP) is 2.40. The lowest BCUT2D eigenvalue weighted by atomic mass is 9.96. The van der Waals surface area contributed by atoms with Crippen molar-refractivity contribution >= 4 is 18.0 Å². The summed E-state index contributed by atoms with van der Waals surface area (Å²) in [5.41, 5.74) is -0.669. The van der Waals surface area contributed by atoms with Crippen molar-refractivity contribution in [3.63, 3.8) is 0 Å². The van der Waals surface area contributed by atoms with Gasteiger partial charge in [-0.3, -0.25) is 9.59 Å². The Morgan fingerprint density at radius 2 is 1.72 bits per heavy atom. The Kier molecular flexibility index (Phi) is 7.47. The molecular formula is C17H25NO7. The number of ether oxygens (including phenoxy) is 2. The Morgan fingerprint density at radius 3 is 2.12 bits per heavy atom. The van der Waals surface area contributed by atoms with Gasteiger partial charge in [-0.25, -0.2) is 4.79 Å². The molecule has 1 aromatic rings. The average molecular weight is 355 g/mol. The molecule has 1 amide bonds. The smallest absolute Gasteiger partial charge is 0.410 e. The zero-order chi connectivity index (χ0) is 19.0. The largest absolute Gasteiger partial charge is 0.481 e. The van der Waals surface area contributed by atoms with Gasteiger partial charge in [0.15, 0.2) is 0 Å². The Balaban J connectivity index is 0.000000531. The zero-order valence-corrected chi connectivity index (χ0v) is 14.9. The molecule has 0 bridgehead atoms. The standard InChI is InChI=1S/C13H21NO6.C4H4O/c1-5-19-11(17)9-7-14(6-8(9)10(15)16)12(18)20-13(2,3)4;1-2-4-5-3-1/h8-9H,5-7H2,1-4H3,(H,15,16);1-4H/t8-,9-;/m0./s1. The van der Waals surface area contributed by atoms with Crippen molar-refractivity contribution in [2.75, 3.05) is 19.7 Å². The third kappa shape index (κ3) is 6.86. The van der Waals surface area contributed by atoms with Crippen LogP contribution in [0, 0.1) is 11.8 Å². The highest BCUT2D eigenvalue weighted by Crippen LogP contribution is 2.26. The van der Waals surface area contributed by atoms with E-state index in [0.29, 0.717) is 0 Å². The molecule has 25 heavy (non-hydrogen) atoms. The number of hydrogen-bond acceptors (Lipinski definition) is 6. The highest BCUT2D eigenvalue weighted by Gasteiger charge is 2.45. The van der Waals surface area contributed by atoms with Gasteiger partial charge in [-0.05, 0) is 39.8 Å². The molecule has 140 valence electrons. The molecule has 1 fully saturated rings. The monoisotopic (exact) mass is 355 g/mol. The van der Waals surface area contributed by atoms with Crippen molar-refractivity contribution in [2.45, 2.75) is 33.3 Å². The Morgan fingerprint density at radius 1 is 1.16 bits per heavy atom. The van der Waals surface area contributed by atoms with Crippen LogP contribution in [0.2, 0.25) is 0 Å². The number of carboxylic acid groups (broad SMARTS) is 1. The second-order valence-electron chi connectivity index (χ2n) is 6.48. The Bertz CT molecular complexity index is 545. The summed E-state index contributed by atoms with van der Waals surface area (Å²) >= 11 is 0. The second kappa shape index (κ2) is 9.10. The molecule has 0 saturated carbocycles. The molecule has 1 aliphatic rings. The van der Waals surface area contributed by atoms with E-state index in [0.717, 1.165) is 0 Å². The molecule has 2 heterocycles. The van der Waals surface area contributed by atoms with Gasteiger partial charge in [-0.1, -0.05) is 0 Å². The lowest BCUT2D eigenvalue weighted by molar-refractivity contribution is -0.155. The van der Waals surface area contributed by atoms with E-state index < -0.39 is 35.5 Å². The molecule has 8 heteroatoms. The molecule has 0 aliphatic carbocycles. The zero-order valence-electron chi connectivity index (χ0n) is 14.9. The first-order chi connectivity index (χ1) is 11.7. The fraction of sp³-hybridized carbons (Fsp3) is 0.588. The fourth-order valence-electron chi connectivity index (χ4n) is 2.24. The molecule has 0 spiro atoms. The number of hydrogen-bond donors (Lipinski definition) is 1. The maximum absolute atomic E-state index is 11.9. The first-order valence-electron chi connectivity index (χ1n) is 8.00. The molecule has 1 aromatic heterocycles. The van der Waals surface area contributed by atoms with E-state index in [9.17, 15) is 14.4 Å². The van der Waals surface area contributed by atoms with E-state index in [4.69, 9.17) is 14.6 Å². The van der Waals surface area contributed by atoms with E-state index in [1.807, 2.05) is 12.1 Å². The van der Waals surface area contributed by atoms with Crippen LogP contribution in [0.15, 0.2) is 29.1 Å². The minimum absolute atomic E-state index is 0.00468. The molecular weight excluding hydrogens is 330 g/mol. The van der Waals surface area contributed by atoms with Crippen LogP contribution < -0.4 is 0 Å². The van der Waals surface area contributed by atoms with E-state index in [-0.39, 0.29) is 19.7 Å². The van der Waals surface area contributed by atoms with Crippen molar-refractivity contribution < 1.29 is 33.4 Å². The van der Waals surface area contributed by atoms with Crippen LogP contribution in [-0.2, 0) is 19.1 Å². The highest BCUT2D eigenvalue weighted by molar-refractivity contribution is 5.84. The van der Waals surface area contributed by atoms with Gasteiger partial charge in [0.2, 0.25) is 0 Å². The number of esters is 1. The van der Waals surface area contributed by atoms with Crippen molar-refractivity contribution in [1.29, 1.82) is 0 Å². The molecule has 1 aliphatic heterocycles. The molecule has 0 unspecified atom stereocenters. The Hall–Kier alpha value is -2.51. The van der Waals surface area contributed by atoms with Gasteiger partial charge in [0, 0.05) is 13.1 Å². The van der Waals surface area contributed by atoms with Crippen LogP contribution in [0.3, 0.4) is 0 Å². The maximum Gasteiger partial charge on any atom is 0.410 e. The van der Waals surface area contributed by atoms with Gasteiger partial charge >= 0.3 is 18.0 Å². The molecule has 8 nitrogen and oxygen atoms in total. The predicted molar refractivity (Wildman–Crippen MR) is 87.8 cm³/mol. The molecule has 1 saturated heterocycles. The lowest BCUT2D eigenvalue weighted by Crippen LogP contribution is -2.36. The minimum Gasteiger partial charge on any atom is -0.481 e. The van der Waals surface area contributed by atoms with Crippen LogP contribution in [0.5, 0.6) is 0 Å². The summed E-state index contributed by atoms with van der Waals surface area (Å²) in [5, 5.41) is 9.15. The third-order valence-corrected chi connectivity index (χ3v) is 3.30. The summed E-state index contributed by atoms with van der Waals surface area (Å²) in [6, 6.07) is 3.67. The number of amides is 1. The van der Waals surface area contributed by atoms with E-state index >= 15 is 0 Å². The van der Waals surface area contributed by atoms with E-state index in [1.54, 1.807) is 40.2 Å². The summed E-state index contributed by atoms with van der Waals surface area (Å²) in [5.74, 6) is -3.51. The average Bonchev–Trinajstić information content (AvgIpc) is 3.18. The number of nitrogens with zero attached hydrogens (tertiary/aromatic N) is 1. The summed E-state index contributed by atoms with van der Waals surface area (Å²) in [6.45, 7) is 6.94. The van der Waals surface area contributed by atoms with E-state index in [1.165, 1.54) is 4.90 Å². The number of carboxylic acids is 1. The first kappa shape index (κ1) is 20.5. The van der Waals surface area contributed by atoms with Crippen molar-refractivity contribution in [3.05, 3.63) is 24.7 Å². The van der Waals surface area contributed by atoms with Crippen LogP contribution in [0.25, 0.3) is 0 Å². The molecule has 1 N–H and O–H groups in total. The number of carbonyl (C=O) groups excluding carboxylic acids is 2. The Labute approximate surface area is 146 Å². The van der Waals surface area contributed by atoms with Gasteiger partial charge in [0.25, 0.3) is 0 Å². The highest BCUT2D eigenvalue weighted by atomic mass is 16.6. The van der Waals surface area contributed by atoms with Gasteiger partial charge in [0.05, 0.1) is 31.0 Å². The lowest BCUT2D eigenvalue weighted by Gasteiger charge is -2.24. The summed E-state index contributed by atoms with van der Waals surface area (Å²) in [4.78, 5) is 36.1. The van der Waals surface area contributed by atoms with E-state index in [2.05, 4.69) is 4.42 Å². The second-order valence-corrected chi connectivity index (χ2v) is 6.48. The number of rotatable bonds is 3.